The molecule has 1 atom stereocenters. The van der Waals surface area contributed by atoms with Gasteiger partial charge in [0.25, 0.3) is 0 Å². The molecule has 30 heavy (non-hydrogen) atoms. The van der Waals surface area contributed by atoms with E-state index in [0.717, 1.165) is 25.3 Å². The minimum absolute atomic E-state index is 0.170. The molecule has 2 aromatic carbocycles. The first-order chi connectivity index (χ1) is 13.8. The third kappa shape index (κ3) is 3.98. The second-order valence-electron chi connectivity index (χ2n) is 6.30. The minimum Gasteiger partial charge on any atom is -0.496 e. The van der Waals surface area contributed by atoms with Gasteiger partial charge in [-0.1, -0.05) is 17.7 Å². The van der Waals surface area contributed by atoms with Gasteiger partial charge in [0.15, 0.2) is 0 Å². The van der Waals surface area contributed by atoms with Crippen LogP contribution in [0.3, 0.4) is 0 Å². The van der Waals surface area contributed by atoms with Crippen LogP contribution in [0.4, 0.5) is 26.3 Å². The van der Waals surface area contributed by atoms with Crippen LogP contribution in [0.25, 0.3) is 11.1 Å². The molecule has 6 nitrogen and oxygen atoms in total. The summed E-state index contributed by atoms with van der Waals surface area (Å²) >= 11 is 6.10. The largest absolute Gasteiger partial charge is 0.496 e. The summed E-state index contributed by atoms with van der Waals surface area (Å²) in [7, 11) is 1.02. The fourth-order valence-corrected chi connectivity index (χ4v) is 3.30. The Morgan fingerprint density at radius 3 is 2.17 bits per heavy atom. The molecule has 13 heteroatoms. The summed E-state index contributed by atoms with van der Waals surface area (Å²) in [6, 6.07) is 4.23. The molecule has 1 heterocycles. The Morgan fingerprint density at radius 1 is 1.03 bits per heavy atom. The van der Waals surface area contributed by atoms with Gasteiger partial charge in [-0.2, -0.15) is 31.8 Å². The summed E-state index contributed by atoms with van der Waals surface area (Å²) in [5.41, 5.74) is 12.3. The summed E-state index contributed by atoms with van der Waals surface area (Å²) < 4.78 is 86.1. The van der Waals surface area contributed by atoms with E-state index in [0.29, 0.717) is 12.1 Å². The van der Waals surface area contributed by atoms with Crippen LogP contribution in [0.15, 0.2) is 35.3 Å². The van der Waals surface area contributed by atoms with Crippen LogP contribution in [0, 0.1) is 0 Å². The van der Waals surface area contributed by atoms with Crippen LogP contribution < -0.4 is 27.1 Å². The molecule has 162 valence electrons. The number of guanidine groups is 1. The average molecular weight is 454 g/mol. The number of rotatable bonds is 3. The number of hydrazine groups is 1. The topological polar surface area (TPSA) is 97.7 Å². The summed E-state index contributed by atoms with van der Waals surface area (Å²) in [5, 5.41) is -0.481. The van der Waals surface area contributed by atoms with Crippen LogP contribution >= 0.6 is 11.6 Å². The zero-order valence-electron chi connectivity index (χ0n) is 15.0. The number of ether oxygens (including phenoxy) is 1. The van der Waals surface area contributed by atoms with Crippen molar-refractivity contribution in [2.45, 2.75) is 18.1 Å². The molecule has 0 radical (unpaired) electrons. The van der Waals surface area contributed by atoms with Gasteiger partial charge in [0.1, 0.15) is 5.75 Å². The molecular weight excluding hydrogens is 440 g/mol. The summed E-state index contributed by atoms with van der Waals surface area (Å²) in [6.45, 7) is 0. The van der Waals surface area contributed by atoms with Gasteiger partial charge in [-0.3, -0.25) is 11.2 Å². The lowest BCUT2D eigenvalue weighted by Gasteiger charge is -2.24. The van der Waals surface area contributed by atoms with E-state index in [2.05, 4.69) is 20.6 Å². The van der Waals surface area contributed by atoms with Crippen molar-refractivity contribution in [1.82, 2.24) is 10.9 Å². The standard InChI is InChI=1S/C17H14ClF6N5O/c1-30-12-3-2-7(4-9(12)15(19,20)21)13-10(16(22,23)24)5-8(6-11(13)18)17(26)27-14(25)28-29-17/h2-6,29H,26H2,1H3,(H3,25,27,28). The van der Waals surface area contributed by atoms with Crippen molar-refractivity contribution >= 4 is 17.6 Å². The Bertz CT molecular complexity index is 1020. The summed E-state index contributed by atoms with van der Waals surface area (Å²) in [4.78, 5) is 3.79. The Kier molecular flexibility index (Phi) is 5.29. The van der Waals surface area contributed by atoms with Gasteiger partial charge in [-0.15, -0.1) is 0 Å². The first-order valence-electron chi connectivity index (χ1n) is 8.10. The molecule has 6 N–H and O–H groups in total. The maximum Gasteiger partial charge on any atom is 0.419 e. The van der Waals surface area contributed by atoms with Gasteiger partial charge in [-0.25, -0.2) is 4.99 Å². The fraction of sp³-hybridized carbons (Fsp3) is 0.235. The van der Waals surface area contributed by atoms with Gasteiger partial charge >= 0.3 is 12.4 Å². The van der Waals surface area contributed by atoms with Crippen molar-refractivity contribution in [1.29, 1.82) is 0 Å². The number of nitrogens with zero attached hydrogens (tertiary/aromatic N) is 1. The number of nitrogens with one attached hydrogen (secondary N) is 2. The second-order valence-corrected chi connectivity index (χ2v) is 6.71. The molecule has 0 amide bonds. The highest BCUT2D eigenvalue weighted by Gasteiger charge is 2.40. The number of methoxy groups -OCH3 is 1. The Morgan fingerprint density at radius 2 is 1.67 bits per heavy atom. The molecule has 1 unspecified atom stereocenters. The zero-order valence-corrected chi connectivity index (χ0v) is 15.8. The Labute approximate surface area is 170 Å². The van der Waals surface area contributed by atoms with E-state index >= 15 is 0 Å². The fourth-order valence-electron chi connectivity index (χ4n) is 2.97. The van der Waals surface area contributed by atoms with E-state index in [1.165, 1.54) is 0 Å². The van der Waals surface area contributed by atoms with Gasteiger partial charge < -0.3 is 10.5 Å². The highest BCUT2D eigenvalue weighted by Crippen LogP contribution is 2.45. The number of hydrogen-bond acceptors (Lipinski definition) is 6. The highest BCUT2D eigenvalue weighted by molar-refractivity contribution is 6.33. The third-order valence-electron chi connectivity index (χ3n) is 4.31. The molecule has 0 bridgehead atoms. The van der Waals surface area contributed by atoms with Crippen molar-refractivity contribution in [3.05, 3.63) is 52.0 Å². The summed E-state index contributed by atoms with van der Waals surface area (Å²) in [6.07, 6.45) is -9.83. The quantitative estimate of drug-likeness (QED) is 0.533. The number of nitrogens with two attached hydrogens (primary N) is 2. The first-order valence-corrected chi connectivity index (χ1v) is 8.48. The maximum atomic E-state index is 13.8. The van der Waals surface area contributed by atoms with E-state index in [9.17, 15) is 26.3 Å². The van der Waals surface area contributed by atoms with Gasteiger partial charge in [0, 0.05) is 16.1 Å². The van der Waals surface area contributed by atoms with Gasteiger partial charge in [0.05, 0.1) is 18.2 Å². The van der Waals surface area contributed by atoms with Crippen molar-refractivity contribution in [3.8, 4) is 16.9 Å². The van der Waals surface area contributed by atoms with E-state index in [1.54, 1.807) is 0 Å². The molecule has 0 aromatic heterocycles. The molecule has 1 aliphatic heterocycles. The molecular formula is C17H14ClF6N5O. The lowest BCUT2D eigenvalue weighted by molar-refractivity contribution is -0.138. The van der Waals surface area contributed by atoms with Crippen molar-refractivity contribution < 1.29 is 31.1 Å². The van der Waals surface area contributed by atoms with Gasteiger partial charge in [0.2, 0.25) is 11.7 Å². The predicted octanol–water partition coefficient (Wildman–Crippen LogP) is 3.54. The molecule has 0 aliphatic carbocycles. The van der Waals surface area contributed by atoms with Crippen LogP contribution in [0.5, 0.6) is 5.75 Å². The number of halogens is 7. The highest BCUT2D eigenvalue weighted by atomic mass is 35.5. The van der Waals surface area contributed by atoms with Crippen LogP contribution in [0.1, 0.15) is 16.7 Å². The normalized spacial score (nSPS) is 19.4. The molecule has 0 saturated carbocycles. The first kappa shape index (κ1) is 22.0. The SMILES string of the molecule is COc1ccc(-c2c(Cl)cc(C3(N)N=C(N)NN3)cc2C(F)(F)F)cc1C(F)(F)F. The number of alkyl halides is 6. The molecule has 1 aliphatic rings. The monoisotopic (exact) mass is 453 g/mol. The molecule has 3 rings (SSSR count). The lowest BCUT2D eigenvalue weighted by atomic mass is 9.93. The molecule has 0 saturated heterocycles. The lowest BCUT2D eigenvalue weighted by Crippen LogP contribution is -2.50. The van der Waals surface area contributed by atoms with E-state index in [1.807, 2.05) is 0 Å². The molecule has 0 spiro atoms. The second kappa shape index (κ2) is 7.22. The minimum atomic E-state index is -4.97. The Balaban J connectivity index is 2.26. The molecule has 2 aromatic rings. The van der Waals surface area contributed by atoms with Crippen LogP contribution in [-0.2, 0) is 18.1 Å². The average Bonchev–Trinajstić information content (AvgIpc) is 2.99. The number of hydrogen-bond donors (Lipinski definition) is 4. The van der Waals surface area contributed by atoms with Crippen molar-refractivity contribution in [2.24, 2.45) is 16.5 Å². The van der Waals surface area contributed by atoms with Crippen LogP contribution in [-0.4, -0.2) is 13.1 Å². The van der Waals surface area contributed by atoms with E-state index < -0.39 is 51.2 Å². The zero-order chi connectivity index (χ0) is 22.5. The maximum absolute atomic E-state index is 13.8. The van der Waals surface area contributed by atoms with E-state index in [-0.39, 0.29) is 11.5 Å². The number of aliphatic imine (C=N–C) groups is 1. The Hall–Kier alpha value is -2.70. The molecule has 0 fully saturated rings. The smallest absolute Gasteiger partial charge is 0.419 e. The predicted molar refractivity (Wildman–Crippen MR) is 97.2 cm³/mol. The van der Waals surface area contributed by atoms with Crippen molar-refractivity contribution in [3.63, 3.8) is 0 Å². The third-order valence-corrected chi connectivity index (χ3v) is 4.61. The van der Waals surface area contributed by atoms with Crippen LogP contribution in [0.2, 0.25) is 5.02 Å². The van der Waals surface area contributed by atoms with Gasteiger partial charge in [-0.05, 0) is 29.8 Å². The summed E-state index contributed by atoms with van der Waals surface area (Å²) in [5.74, 6) is -2.57. The van der Waals surface area contributed by atoms with Crippen molar-refractivity contribution in [2.75, 3.05) is 7.11 Å². The van der Waals surface area contributed by atoms with E-state index in [4.69, 9.17) is 23.1 Å². The number of benzene rings is 2.